The zero-order chi connectivity index (χ0) is 10.9. The Morgan fingerprint density at radius 2 is 1.93 bits per heavy atom. The van der Waals surface area contributed by atoms with Crippen molar-refractivity contribution in [3.8, 4) is 0 Å². The highest BCUT2D eigenvalue weighted by molar-refractivity contribution is 7.57. The van der Waals surface area contributed by atoms with E-state index in [1.165, 1.54) is 25.7 Å². The first-order chi connectivity index (χ1) is 6.62. The van der Waals surface area contributed by atoms with E-state index in [1.54, 1.807) is 0 Å². The van der Waals surface area contributed by atoms with Crippen molar-refractivity contribution in [1.29, 1.82) is 0 Å². The standard InChI is InChI=1S/C9H23N2O2P/c1-2-3-4-5-6-7-11-9-14(12,13)8-10/h11H,2-10H2,1H3,(H,12,13). The average Bonchev–Trinajstić information content (AvgIpc) is 2.16. The average molecular weight is 222 g/mol. The molecule has 1 unspecified atom stereocenters. The van der Waals surface area contributed by atoms with Gasteiger partial charge in [-0.1, -0.05) is 32.6 Å². The lowest BCUT2D eigenvalue weighted by molar-refractivity contribution is 0.470. The molecule has 0 spiro atoms. The molecule has 0 bridgehead atoms. The van der Waals surface area contributed by atoms with Gasteiger partial charge in [-0.15, -0.1) is 0 Å². The molecule has 0 aliphatic heterocycles. The van der Waals surface area contributed by atoms with Gasteiger partial charge in [0.25, 0.3) is 0 Å². The van der Waals surface area contributed by atoms with E-state index in [0.717, 1.165) is 13.0 Å². The van der Waals surface area contributed by atoms with Crippen LogP contribution < -0.4 is 11.1 Å². The van der Waals surface area contributed by atoms with Crippen LogP contribution in [0.5, 0.6) is 0 Å². The Labute approximate surface area is 86.7 Å². The lowest BCUT2D eigenvalue weighted by Crippen LogP contribution is -2.19. The first-order valence-corrected chi connectivity index (χ1v) is 7.37. The molecule has 4 nitrogen and oxygen atoms in total. The van der Waals surface area contributed by atoms with E-state index in [0.29, 0.717) is 0 Å². The number of nitrogens with two attached hydrogens (primary N) is 1. The van der Waals surface area contributed by atoms with Crippen molar-refractivity contribution >= 4 is 7.37 Å². The van der Waals surface area contributed by atoms with Crippen LogP contribution in [0.4, 0.5) is 0 Å². The molecule has 0 saturated heterocycles. The molecule has 4 N–H and O–H groups in total. The molecule has 5 heteroatoms. The highest BCUT2D eigenvalue weighted by atomic mass is 31.2. The molecule has 0 saturated carbocycles. The van der Waals surface area contributed by atoms with E-state index in [4.69, 9.17) is 10.6 Å². The molecule has 0 aromatic carbocycles. The van der Waals surface area contributed by atoms with Crippen LogP contribution in [0, 0.1) is 0 Å². The maximum atomic E-state index is 11.1. The second-order valence-electron chi connectivity index (χ2n) is 3.60. The second-order valence-corrected chi connectivity index (χ2v) is 5.98. The Morgan fingerprint density at radius 3 is 2.50 bits per heavy atom. The van der Waals surface area contributed by atoms with Crippen LogP contribution in [0.15, 0.2) is 0 Å². The molecular formula is C9H23N2O2P. The fourth-order valence-corrected chi connectivity index (χ4v) is 1.81. The Bertz CT molecular complexity index is 176. The van der Waals surface area contributed by atoms with Crippen molar-refractivity contribution in [2.24, 2.45) is 5.73 Å². The van der Waals surface area contributed by atoms with E-state index in [2.05, 4.69) is 12.2 Å². The molecule has 0 aromatic rings. The van der Waals surface area contributed by atoms with Crippen molar-refractivity contribution in [3.63, 3.8) is 0 Å². The summed E-state index contributed by atoms with van der Waals surface area (Å²) in [6, 6.07) is 0. The van der Waals surface area contributed by atoms with E-state index in [1.807, 2.05) is 0 Å². The fraction of sp³-hybridized carbons (Fsp3) is 1.00. The SMILES string of the molecule is CCCCCCCNCP(=O)(O)CN. The van der Waals surface area contributed by atoms with Crippen molar-refractivity contribution in [3.05, 3.63) is 0 Å². The van der Waals surface area contributed by atoms with Gasteiger partial charge in [-0.05, 0) is 13.0 Å². The van der Waals surface area contributed by atoms with Crippen molar-refractivity contribution in [1.82, 2.24) is 5.32 Å². The summed E-state index contributed by atoms with van der Waals surface area (Å²) in [6.45, 7) is 3.00. The summed E-state index contributed by atoms with van der Waals surface area (Å²) in [5, 5.41) is 2.96. The van der Waals surface area contributed by atoms with Crippen LogP contribution in [0.25, 0.3) is 0 Å². The second kappa shape index (κ2) is 8.42. The van der Waals surface area contributed by atoms with Gasteiger partial charge in [-0.2, -0.15) is 0 Å². The number of unbranched alkanes of at least 4 members (excludes halogenated alkanes) is 4. The van der Waals surface area contributed by atoms with Crippen LogP contribution >= 0.6 is 7.37 Å². The van der Waals surface area contributed by atoms with E-state index < -0.39 is 7.37 Å². The minimum absolute atomic E-state index is 0.129. The van der Waals surface area contributed by atoms with Crippen molar-refractivity contribution in [2.75, 3.05) is 19.1 Å². The number of hydrogen-bond donors (Lipinski definition) is 3. The lowest BCUT2D eigenvalue weighted by atomic mass is 10.1. The molecule has 86 valence electrons. The molecule has 0 rings (SSSR count). The number of hydrogen-bond acceptors (Lipinski definition) is 3. The summed E-state index contributed by atoms with van der Waals surface area (Å²) in [4.78, 5) is 9.13. The fourth-order valence-electron chi connectivity index (χ4n) is 1.17. The van der Waals surface area contributed by atoms with Crippen molar-refractivity contribution in [2.45, 2.75) is 39.0 Å². The van der Waals surface area contributed by atoms with Crippen molar-refractivity contribution < 1.29 is 9.46 Å². The summed E-state index contributed by atoms with van der Waals surface area (Å²) >= 11 is 0. The van der Waals surface area contributed by atoms with Gasteiger partial charge in [-0.3, -0.25) is 4.57 Å². The molecule has 14 heavy (non-hydrogen) atoms. The smallest absolute Gasteiger partial charge is 0.227 e. The zero-order valence-corrected chi connectivity index (χ0v) is 9.93. The quantitative estimate of drug-likeness (QED) is 0.410. The molecule has 0 aliphatic rings. The van der Waals surface area contributed by atoms with E-state index in [9.17, 15) is 4.57 Å². The minimum Gasteiger partial charge on any atom is -0.343 e. The van der Waals surface area contributed by atoms with Crippen LogP contribution in [0.1, 0.15) is 39.0 Å². The summed E-state index contributed by atoms with van der Waals surface area (Å²) in [7, 11) is -3.07. The lowest BCUT2D eigenvalue weighted by Gasteiger charge is -2.09. The maximum Gasteiger partial charge on any atom is 0.227 e. The summed E-state index contributed by atoms with van der Waals surface area (Å²) in [5.74, 6) is 0. The Morgan fingerprint density at radius 1 is 1.29 bits per heavy atom. The summed E-state index contributed by atoms with van der Waals surface area (Å²) in [5.41, 5.74) is 5.13. The topological polar surface area (TPSA) is 75.3 Å². The molecular weight excluding hydrogens is 199 g/mol. The first-order valence-electron chi connectivity index (χ1n) is 5.34. The predicted molar refractivity (Wildman–Crippen MR) is 60.5 cm³/mol. The van der Waals surface area contributed by atoms with E-state index in [-0.39, 0.29) is 12.6 Å². The molecule has 0 aliphatic carbocycles. The summed E-state index contributed by atoms with van der Waals surface area (Å²) < 4.78 is 11.1. The largest absolute Gasteiger partial charge is 0.343 e. The van der Waals surface area contributed by atoms with Gasteiger partial charge in [0.05, 0.1) is 12.6 Å². The highest BCUT2D eigenvalue weighted by Crippen LogP contribution is 2.35. The third-order valence-electron chi connectivity index (χ3n) is 2.10. The third kappa shape index (κ3) is 8.70. The van der Waals surface area contributed by atoms with Gasteiger partial charge >= 0.3 is 0 Å². The summed E-state index contributed by atoms with van der Waals surface area (Å²) in [6.07, 6.45) is 6.07. The third-order valence-corrected chi connectivity index (χ3v) is 3.39. The van der Waals surface area contributed by atoms with Crippen LogP contribution in [0.2, 0.25) is 0 Å². The molecule has 0 heterocycles. The van der Waals surface area contributed by atoms with Crippen LogP contribution in [0.3, 0.4) is 0 Å². The minimum atomic E-state index is -3.07. The Hall–Kier alpha value is 0.110. The maximum absolute atomic E-state index is 11.1. The van der Waals surface area contributed by atoms with E-state index >= 15 is 0 Å². The highest BCUT2D eigenvalue weighted by Gasteiger charge is 2.13. The molecule has 1 atom stereocenters. The van der Waals surface area contributed by atoms with Gasteiger partial charge < -0.3 is 15.9 Å². The van der Waals surface area contributed by atoms with Gasteiger partial charge in [0.15, 0.2) is 0 Å². The predicted octanol–water partition coefficient (Wildman–Crippen LogP) is 1.69. The van der Waals surface area contributed by atoms with Gasteiger partial charge in [0.2, 0.25) is 7.37 Å². The molecule has 0 aromatic heterocycles. The number of rotatable bonds is 9. The van der Waals surface area contributed by atoms with Crippen LogP contribution in [-0.2, 0) is 4.57 Å². The monoisotopic (exact) mass is 222 g/mol. The van der Waals surface area contributed by atoms with Gasteiger partial charge in [0.1, 0.15) is 0 Å². The number of nitrogens with one attached hydrogen (secondary N) is 1. The first kappa shape index (κ1) is 14.1. The van der Waals surface area contributed by atoms with Crippen LogP contribution in [-0.4, -0.2) is 24.0 Å². The normalized spacial score (nSPS) is 15.4. The molecule has 0 amide bonds. The van der Waals surface area contributed by atoms with Gasteiger partial charge in [0, 0.05) is 0 Å². The van der Waals surface area contributed by atoms with Gasteiger partial charge in [-0.25, -0.2) is 0 Å². The Kier molecular flexibility index (Phi) is 8.49. The Balaban J connectivity index is 3.17. The zero-order valence-electron chi connectivity index (χ0n) is 9.04. The molecule has 0 radical (unpaired) electrons. The molecule has 0 fully saturated rings.